The number of fused-ring (bicyclic) bond motifs is 1. The monoisotopic (exact) mass is 472 g/mol. The maximum Gasteiger partial charge on any atom is 0.332 e. The van der Waals surface area contributed by atoms with E-state index < -0.39 is 11.2 Å². The number of thiophene rings is 1. The molecule has 1 N–H and O–H groups in total. The number of likely N-dealkylation sites (tertiary alicyclic amines) is 1. The molecule has 0 radical (unpaired) electrons. The van der Waals surface area contributed by atoms with Crippen molar-refractivity contribution in [2.24, 2.45) is 11.8 Å². The summed E-state index contributed by atoms with van der Waals surface area (Å²) in [6, 6.07) is 5.17. The van der Waals surface area contributed by atoms with Gasteiger partial charge in [0.1, 0.15) is 17.0 Å². The van der Waals surface area contributed by atoms with Crippen LogP contribution in [0.1, 0.15) is 32.4 Å². The van der Waals surface area contributed by atoms with Crippen molar-refractivity contribution in [1.29, 1.82) is 0 Å². The number of hydrogen-bond donors (Lipinski definition) is 1. The smallest absolute Gasteiger partial charge is 0.332 e. The van der Waals surface area contributed by atoms with E-state index in [2.05, 4.69) is 19.2 Å². The average Bonchev–Trinajstić information content (AvgIpc) is 3.46. The third-order valence-corrected chi connectivity index (χ3v) is 6.85. The fourth-order valence-electron chi connectivity index (χ4n) is 4.49. The van der Waals surface area contributed by atoms with Crippen LogP contribution in [0.25, 0.3) is 10.2 Å². The predicted octanol–water partition coefficient (Wildman–Crippen LogP) is 2.03. The molecule has 33 heavy (non-hydrogen) atoms. The Labute approximate surface area is 194 Å². The van der Waals surface area contributed by atoms with Crippen molar-refractivity contribution in [3.8, 4) is 0 Å². The Morgan fingerprint density at radius 3 is 2.61 bits per heavy atom. The Kier molecular flexibility index (Phi) is 6.83. The number of carbonyl (C=O) groups is 2. The second kappa shape index (κ2) is 9.78. The number of carbonyl (C=O) groups excluding carboxylic acids is 2. The van der Waals surface area contributed by atoms with Gasteiger partial charge in [0.25, 0.3) is 5.56 Å². The number of aromatic nitrogens is 2. The minimum Gasteiger partial charge on any atom is -0.467 e. The molecular weight excluding hydrogens is 444 g/mol. The van der Waals surface area contributed by atoms with E-state index in [0.29, 0.717) is 40.9 Å². The summed E-state index contributed by atoms with van der Waals surface area (Å²) >= 11 is 1.23. The second-order valence-corrected chi connectivity index (χ2v) is 9.73. The van der Waals surface area contributed by atoms with Crippen LogP contribution in [0.5, 0.6) is 0 Å². The zero-order chi connectivity index (χ0) is 23.5. The summed E-state index contributed by atoms with van der Waals surface area (Å²) in [5.74, 6) is 0.989. The third-order valence-electron chi connectivity index (χ3n) is 5.95. The molecule has 0 spiro atoms. The average molecular weight is 473 g/mol. The maximum absolute atomic E-state index is 13.2. The number of rotatable bonds is 7. The van der Waals surface area contributed by atoms with Crippen molar-refractivity contribution in [3.05, 3.63) is 56.4 Å². The van der Waals surface area contributed by atoms with Gasteiger partial charge in [0.2, 0.25) is 11.8 Å². The van der Waals surface area contributed by atoms with Gasteiger partial charge >= 0.3 is 5.69 Å². The number of piperidine rings is 1. The Morgan fingerprint density at radius 2 is 1.91 bits per heavy atom. The molecule has 4 rings (SSSR count). The topological polar surface area (TPSA) is 107 Å². The van der Waals surface area contributed by atoms with Crippen LogP contribution in [-0.2, 0) is 29.2 Å². The molecule has 3 aromatic rings. The first-order valence-electron chi connectivity index (χ1n) is 11.1. The highest BCUT2D eigenvalue weighted by molar-refractivity contribution is 7.17. The number of hydrogen-bond acceptors (Lipinski definition) is 6. The van der Waals surface area contributed by atoms with Gasteiger partial charge in [0.05, 0.1) is 18.3 Å². The zero-order valence-electron chi connectivity index (χ0n) is 18.8. The molecule has 4 heterocycles. The number of amides is 2. The summed E-state index contributed by atoms with van der Waals surface area (Å²) in [7, 11) is 0. The van der Waals surface area contributed by atoms with E-state index in [-0.39, 0.29) is 37.9 Å². The number of furan rings is 1. The summed E-state index contributed by atoms with van der Waals surface area (Å²) in [5.41, 5.74) is -0.552. The Bertz CT molecular complexity index is 1250. The highest BCUT2D eigenvalue weighted by Gasteiger charge is 2.26. The van der Waals surface area contributed by atoms with Gasteiger partial charge < -0.3 is 14.6 Å². The van der Waals surface area contributed by atoms with Crippen LogP contribution in [0.2, 0.25) is 0 Å². The maximum atomic E-state index is 13.2. The normalized spacial score (nSPS) is 18.5. The van der Waals surface area contributed by atoms with Crippen LogP contribution in [0.4, 0.5) is 0 Å². The van der Waals surface area contributed by atoms with Crippen molar-refractivity contribution in [2.45, 2.75) is 46.3 Å². The molecule has 0 aliphatic carbocycles. The van der Waals surface area contributed by atoms with Crippen molar-refractivity contribution in [1.82, 2.24) is 19.4 Å². The lowest BCUT2D eigenvalue weighted by Gasteiger charge is -2.35. The molecule has 0 saturated carbocycles. The van der Waals surface area contributed by atoms with Crippen LogP contribution in [-0.4, -0.2) is 38.9 Å². The molecule has 176 valence electrons. The van der Waals surface area contributed by atoms with Gasteiger partial charge in [-0.25, -0.2) is 4.79 Å². The molecule has 10 heteroatoms. The van der Waals surface area contributed by atoms with Crippen molar-refractivity contribution in [3.63, 3.8) is 0 Å². The van der Waals surface area contributed by atoms with E-state index in [4.69, 9.17) is 4.42 Å². The first-order chi connectivity index (χ1) is 15.8. The van der Waals surface area contributed by atoms with E-state index in [1.54, 1.807) is 28.5 Å². The SMILES string of the molecule is C[C@@H]1C[C@H](C)CN(C(=O)Cn2c(=O)n(CCC(=O)NCc3ccco3)c(=O)c3sccc32)C1. The first-order valence-corrected chi connectivity index (χ1v) is 12.0. The molecule has 0 aromatic carbocycles. The Morgan fingerprint density at radius 1 is 1.15 bits per heavy atom. The largest absolute Gasteiger partial charge is 0.467 e. The molecule has 1 fully saturated rings. The van der Waals surface area contributed by atoms with Crippen LogP contribution in [0.3, 0.4) is 0 Å². The van der Waals surface area contributed by atoms with Crippen LogP contribution >= 0.6 is 11.3 Å². The minimum atomic E-state index is -0.573. The van der Waals surface area contributed by atoms with Crippen molar-refractivity contribution in [2.75, 3.05) is 13.1 Å². The van der Waals surface area contributed by atoms with Crippen LogP contribution in [0, 0.1) is 11.8 Å². The van der Waals surface area contributed by atoms with Gasteiger partial charge in [0, 0.05) is 26.1 Å². The Balaban J connectivity index is 1.53. The quantitative estimate of drug-likeness (QED) is 0.566. The molecule has 3 aromatic heterocycles. The molecule has 2 amide bonds. The summed E-state index contributed by atoms with van der Waals surface area (Å²) in [5, 5.41) is 4.44. The first kappa shape index (κ1) is 23.0. The van der Waals surface area contributed by atoms with Gasteiger partial charge in [0.15, 0.2) is 0 Å². The molecular formula is C23H28N4O5S. The van der Waals surface area contributed by atoms with Crippen LogP contribution in [0.15, 0.2) is 43.8 Å². The minimum absolute atomic E-state index is 0.0398. The number of nitrogens with zero attached hydrogens (tertiary/aromatic N) is 3. The van der Waals surface area contributed by atoms with E-state index in [1.165, 1.54) is 22.2 Å². The lowest BCUT2D eigenvalue weighted by Crippen LogP contribution is -2.47. The van der Waals surface area contributed by atoms with Gasteiger partial charge in [-0.3, -0.25) is 23.5 Å². The fraction of sp³-hybridized carbons (Fsp3) is 0.478. The van der Waals surface area contributed by atoms with E-state index in [0.717, 1.165) is 11.0 Å². The van der Waals surface area contributed by atoms with Gasteiger partial charge in [-0.15, -0.1) is 11.3 Å². The molecule has 1 aliphatic heterocycles. The number of nitrogens with one attached hydrogen (secondary N) is 1. The molecule has 9 nitrogen and oxygen atoms in total. The Hall–Kier alpha value is -3.14. The van der Waals surface area contributed by atoms with Gasteiger partial charge in [-0.1, -0.05) is 13.8 Å². The molecule has 0 unspecified atom stereocenters. The fourth-order valence-corrected chi connectivity index (χ4v) is 5.33. The summed E-state index contributed by atoms with van der Waals surface area (Å²) in [6.45, 7) is 5.61. The predicted molar refractivity (Wildman–Crippen MR) is 125 cm³/mol. The van der Waals surface area contributed by atoms with Crippen molar-refractivity contribution >= 4 is 33.4 Å². The van der Waals surface area contributed by atoms with Gasteiger partial charge in [-0.05, 0) is 41.8 Å². The third kappa shape index (κ3) is 5.11. The van der Waals surface area contributed by atoms with Crippen molar-refractivity contribution < 1.29 is 14.0 Å². The van der Waals surface area contributed by atoms with E-state index >= 15 is 0 Å². The summed E-state index contributed by atoms with van der Waals surface area (Å²) in [6.07, 6.45) is 2.56. The lowest BCUT2D eigenvalue weighted by molar-refractivity contribution is -0.134. The van der Waals surface area contributed by atoms with Gasteiger partial charge in [-0.2, -0.15) is 0 Å². The van der Waals surface area contributed by atoms with E-state index in [1.807, 2.05) is 0 Å². The van der Waals surface area contributed by atoms with Crippen LogP contribution < -0.4 is 16.6 Å². The summed E-state index contributed by atoms with van der Waals surface area (Å²) < 4.78 is 8.00. The highest BCUT2D eigenvalue weighted by atomic mass is 32.1. The lowest BCUT2D eigenvalue weighted by atomic mass is 9.92. The molecule has 2 atom stereocenters. The second-order valence-electron chi connectivity index (χ2n) is 8.81. The molecule has 1 aliphatic rings. The summed E-state index contributed by atoms with van der Waals surface area (Å²) in [4.78, 5) is 53.2. The highest BCUT2D eigenvalue weighted by Crippen LogP contribution is 2.22. The standard InChI is InChI=1S/C23H28N4O5S/c1-15-10-16(2)13-25(12-15)20(29)14-27-18-6-9-33-21(18)22(30)26(23(27)31)7-5-19(28)24-11-17-4-3-8-32-17/h3-4,6,8-9,15-16H,5,7,10-14H2,1-2H3,(H,24,28)/t15-,16+. The molecule has 0 bridgehead atoms. The zero-order valence-corrected chi connectivity index (χ0v) is 19.6. The van der Waals surface area contributed by atoms with E-state index in [9.17, 15) is 19.2 Å². The molecule has 1 saturated heterocycles.